The summed E-state index contributed by atoms with van der Waals surface area (Å²) in [7, 11) is 0. The summed E-state index contributed by atoms with van der Waals surface area (Å²) in [4.78, 5) is 33.5. The molecule has 188 valence electrons. The lowest BCUT2D eigenvalue weighted by Gasteiger charge is -2.33. The number of amides is 1. The van der Waals surface area contributed by atoms with Gasteiger partial charge in [0.25, 0.3) is 5.56 Å². The standard InChI is InChI=1S/C30H36N4O2/c1-22-13-15-24(16-14-22)20-34-27-12-6-5-11-26(27)32-28(30(34)36)33-19-7-10-25(21-33)29(35)31-18-17-23-8-3-2-4-9-23/h5-6,8,11-16,25H,2-4,7,9-10,17-21H2,1H3,(H,31,35)/t25-/m0/s1. The van der Waals surface area contributed by atoms with Crippen LogP contribution >= 0.6 is 0 Å². The summed E-state index contributed by atoms with van der Waals surface area (Å²) >= 11 is 0. The molecule has 0 bridgehead atoms. The molecule has 0 saturated carbocycles. The fourth-order valence-electron chi connectivity index (χ4n) is 5.42. The van der Waals surface area contributed by atoms with E-state index in [-0.39, 0.29) is 17.4 Å². The molecular formula is C30H36N4O2. The minimum absolute atomic E-state index is 0.0943. The van der Waals surface area contributed by atoms with E-state index in [1.165, 1.54) is 30.4 Å². The van der Waals surface area contributed by atoms with Crippen LogP contribution in [0.25, 0.3) is 11.0 Å². The minimum Gasteiger partial charge on any atom is -0.355 e. The van der Waals surface area contributed by atoms with Gasteiger partial charge in [0.2, 0.25) is 5.91 Å². The molecule has 1 aromatic heterocycles. The van der Waals surface area contributed by atoms with Crippen molar-refractivity contribution in [3.63, 3.8) is 0 Å². The van der Waals surface area contributed by atoms with Gasteiger partial charge in [-0.25, -0.2) is 4.98 Å². The van der Waals surface area contributed by atoms with Crippen molar-refractivity contribution in [1.82, 2.24) is 14.9 Å². The number of fused-ring (bicyclic) bond motifs is 1. The molecule has 1 aliphatic heterocycles. The molecule has 1 fully saturated rings. The Morgan fingerprint density at radius 3 is 2.72 bits per heavy atom. The number of benzene rings is 2. The van der Waals surface area contributed by atoms with E-state index in [1.54, 1.807) is 0 Å². The highest BCUT2D eigenvalue weighted by molar-refractivity contribution is 5.80. The number of allylic oxidation sites excluding steroid dienone is 1. The van der Waals surface area contributed by atoms with Gasteiger partial charge in [0.15, 0.2) is 5.82 Å². The first-order valence-corrected chi connectivity index (χ1v) is 13.3. The number of nitrogens with one attached hydrogen (secondary N) is 1. The molecule has 1 atom stereocenters. The van der Waals surface area contributed by atoms with Crippen molar-refractivity contribution in [1.29, 1.82) is 0 Å². The fourth-order valence-corrected chi connectivity index (χ4v) is 5.42. The molecule has 6 heteroatoms. The van der Waals surface area contributed by atoms with Gasteiger partial charge in [0.05, 0.1) is 23.5 Å². The summed E-state index contributed by atoms with van der Waals surface area (Å²) in [5.74, 6) is 0.417. The molecule has 6 nitrogen and oxygen atoms in total. The van der Waals surface area contributed by atoms with Gasteiger partial charge in [-0.05, 0) is 69.6 Å². The van der Waals surface area contributed by atoms with E-state index < -0.39 is 0 Å². The van der Waals surface area contributed by atoms with Crippen LogP contribution in [-0.4, -0.2) is 35.1 Å². The van der Waals surface area contributed by atoms with Gasteiger partial charge in [0.1, 0.15) is 0 Å². The largest absolute Gasteiger partial charge is 0.355 e. The molecule has 1 saturated heterocycles. The zero-order valence-corrected chi connectivity index (χ0v) is 21.2. The van der Waals surface area contributed by atoms with E-state index in [4.69, 9.17) is 4.98 Å². The molecule has 0 unspecified atom stereocenters. The van der Waals surface area contributed by atoms with E-state index >= 15 is 0 Å². The maximum absolute atomic E-state index is 13.7. The molecule has 0 radical (unpaired) electrons. The van der Waals surface area contributed by atoms with E-state index in [9.17, 15) is 9.59 Å². The quantitative estimate of drug-likeness (QED) is 0.481. The Kier molecular flexibility index (Phi) is 7.49. The lowest BCUT2D eigenvalue weighted by Crippen LogP contribution is -2.45. The van der Waals surface area contributed by atoms with E-state index in [1.807, 2.05) is 33.7 Å². The maximum atomic E-state index is 13.7. The lowest BCUT2D eigenvalue weighted by atomic mass is 9.96. The molecule has 1 aliphatic carbocycles. The molecule has 2 aromatic carbocycles. The fraction of sp³-hybridized carbons (Fsp3) is 0.433. The van der Waals surface area contributed by atoms with E-state index in [0.717, 1.165) is 48.8 Å². The molecule has 3 aromatic rings. The van der Waals surface area contributed by atoms with Crippen LogP contribution in [0.3, 0.4) is 0 Å². The summed E-state index contributed by atoms with van der Waals surface area (Å²) in [5, 5.41) is 3.15. The number of anilines is 1. The second kappa shape index (κ2) is 11.1. The zero-order valence-electron chi connectivity index (χ0n) is 21.2. The van der Waals surface area contributed by atoms with Crippen molar-refractivity contribution in [2.24, 2.45) is 5.92 Å². The van der Waals surface area contributed by atoms with Crippen molar-refractivity contribution in [3.8, 4) is 0 Å². The number of para-hydroxylation sites is 2. The van der Waals surface area contributed by atoms with Gasteiger partial charge in [-0.1, -0.05) is 53.6 Å². The predicted molar refractivity (Wildman–Crippen MR) is 145 cm³/mol. The van der Waals surface area contributed by atoms with Gasteiger partial charge in [-0.3, -0.25) is 14.2 Å². The Bertz CT molecular complexity index is 1310. The van der Waals surface area contributed by atoms with Crippen LogP contribution in [0.5, 0.6) is 0 Å². The second-order valence-corrected chi connectivity index (χ2v) is 10.2. The van der Waals surface area contributed by atoms with Crippen molar-refractivity contribution >= 4 is 22.8 Å². The number of carbonyl (C=O) groups is 1. The van der Waals surface area contributed by atoms with E-state index in [0.29, 0.717) is 25.5 Å². The minimum atomic E-state index is -0.127. The molecule has 1 N–H and O–H groups in total. The molecule has 2 aliphatic rings. The zero-order chi connectivity index (χ0) is 24.9. The number of nitrogens with zero attached hydrogens (tertiary/aromatic N) is 3. The Morgan fingerprint density at radius 2 is 1.92 bits per heavy atom. The monoisotopic (exact) mass is 484 g/mol. The number of hydrogen-bond donors (Lipinski definition) is 1. The number of aryl methyl sites for hydroxylation is 1. The smallest absolute Gasteiger partial charge is 0.294 e. The average Bonchev–Trinajstić information content (AvgIpc) is 2.92. The highest BCUT2D eigenvalue weighted by atomic mass is 16.2. The van der Waals surface area contributed by atoms with Crippen LogP contribution in [-0.2, 0) is 11.3 Å². The Balaban J connectivity index is 1.34. The van der Waals surface area contributed by atoms with Crippen molar-refractivity contribution < 1.29 is 4.79 Å². The van der Waals surface area contributed by atoms with Gasteiger partial charge < -0.3 is 10.2 Å². The van der Waals surface area contributed by atoms with Gasteiger partial charge in [-0.2, -0.15) is 0 Å². The van der Waals surface area contributed by atoms with Crippen LogP contribution in [0.4, 0.5) is 5.82 Å². The molecule has 5 rings (SSSR count). The van der Waals surface area contributed by atoms with Crippen LogP contribution < -0.4 is 15.8 Å². The third-order valence-corrected chi connectivity index (χ3v) is 7.52. The Hall–Kier alpha value is -3.41. The summed E-state index contributed by atoms with van der Waals surface area (Å²) in [6.07, 6.45) is 9.87. The SMILES string of the molecule is Cc1ccc(Cn2c(=O)c(N3CCC[C@H](C(=O)NCCC4=CCCCC4)C3)nc3ccccc32)cc1. The average molecular weight is 485 g/mol. The van der Waals surface area contributed by atoms with Crippen LogP contribution in [0.2, 0.25) is 0 Å². The summed E-state index contributed by atoms with van der Waals surface area (Å²) in [5.41, 5.74) is 5.27. The number of aromatic nitrogens is 2. The van der Waals surface area contributed by atoms with Crippen LogP contribution in [0.1, 0.15) is 56.1 Å². The number of rotatable bonds is 7. The number of piperidine rings is 1. The molecule has 36 heavy (non-hydrogen) atoms. The van der Waals surface area contributed by atoms with Gasteiger partial charge >= 0.3 is 0 Å². The normalized spacial score (nSPS) is 18.2. The van der Waals surface area contributed by atoms with Gasteiger partial charge in [0, 0.05) is 19.6 Å². The molecule has 1 amide bonds. The topological polar surface area (TPSA) is 67.2 Å². The molecule has 2 heterocycles. The first-order valence-electron chi connectivity index (χ1n) is 13.3. The molecule has 0 spiro atoms. The van der Waals surface area contributed by atoms with Crippen molar-refractivity contribution in [3.05, 3.63) is 81.7 Å². The first kappa shape index (κ1) is 24.3. The number of carbonyl (C=O) groups excluding carboxylic acids is 1. The van der Waals surface area contributed by atoms with Crippen molar-refractivity contribution in [2.45, 2.75) is 58.4 Å². The van der Waals surface area contributed by atoms with E-state index in [2.05, 4.69) is 42.6 Å². The summed E-state index contributed by atoms with van der Waals surface area (Å²) < 4.78 is 1.82. The second-order valence-electron chi connectivity index (χ2n) is 10.2. The predicted octanol–water partition coefficient (Wildman–Crippen LogP) is 4.98. The van der Waals surface area contributed by atoms with Crippen LogP contribution in [0.15, 0.2) is 65.0 Å². The molecular weight excluding hydrogens is 448 g/mol. The highest BCUT2D eigenvalue weighted by Gasteiger charge is 2.28. The third-order valence-electron chi connectivity index (χ3n) is 7.52. The first-order chi connectivity index (χ1) is 17.6. The van der Waals surface area contributed by atoms with Gasteiger partial charge in [-0.15, -0.1) is 0 Å². The maximum Gasteiger partial charge on any atom is 0.294 e. The summed E-state index contributed by atoms with van der Waals surface area (Å²) in [6, 6.07) is 16.1. The van der Waals surface area contributed by atoms with Crippen LogP contribution in [0, 0.1) is 12.8 Å². The lowest BCUT2D eigenvalue weighted by molar-refractivity contribution is -0.125. The highest BCUT2D eigenvalue weighted by Crippen LogP contribution is 2.23. The third kappa shape index (κ3) is 5.53. The Morgan fingerprint density at radius 1 is 1.08 bits per heavy atom. The Labute approximate surface area is 213 Å². The summed E-state index contributed by atoms with van der Waals surface area (Å²) in [6.45, 7) is 4.51. The number of hydrogen-bond acceptors (Lipinski definition) is 4. The van der Waals surface area contributed by atoms with Crippen molar-refractivity contribution in [2.75, 3.05) is 24.5 Å².